The van der Waals surface area contributed by atoms with Crippen LogP contribution in [0.4, 0.5) is 4.79 Å². The van der Waals surface area contributed by atoms with E-state index in [9.17, 15) is 4.79 Å². The van der Waals surface area contributed by atoms with E-state index in [1.54, 1.807) is 19.1 Å². The fourth-order valence-electron chi connectivity index (χ4n) is 4.54. The van der Waals surface area contributed by atoms with E-state index in [0.29, 0.717) is 31.8 Å². The Kier molecular flexibility index (Phi) is 7.01. The molecule has 1 fully saturated rings. The third kappa shape index (κ3) is 5.19. The van der Waals surface area contributed by atoms with Crippen LogP contribution in [0.25, 0.3) is 5.57 Å². The summed E-state index contributed by atoms with van der Waals surface area (Å²) in [6.07, 6.45) is 3.16. The van der Waals surface area contributed by atoms with Crippen molar-refractivity contribution in [3.63, 3.8) is 0 Å². The first kappa shape index (κ1) is 25.2. The monoisotopic (exact) mass is 491 g/mol. The standard InChI is InChI=1S/C27H33N5O4/c1-26(2,3)36-25(33)32-15-13-27(14-16-32)17-20(23-21(34-5)7-6-8-22(23)35-27)18-9-11-19(12-10-18)24(30-28)31-29-4/h6-12,17H,13-16,28H2,1-5H3. The highest BCUT2D eigenvalue weighted by molar-refractivity contribution is 5.99. The zero-order valence-corrected chi connectivity index (χ0v) is 21.4. The topological polar surface area (TPSA) is 111 Å². The number of hydrogen-bond donors (Lipinski definition) is 1. The Hall–Kier alpha value is -3.88. The Morgan fingerprint density at radius 2 is 1.81 bits per heavy atom. The number of likely N-dealkylation sites (tertiary alicyclic amines) is 1. The highest BCUT2D eigenvalue weighted by atomic mass is 16.6. The van der Waals surface area contributed by atoms with Gasteiger partial charge >= 0.3 is 6.09 Å². The molecule has 0 unspecified atom stereocenters. The molecule has 2 heterocycles. The summed E-state index contributed by atoms with van der Waals surface area (Å²) >= 11 is 0. The number of rotatable bonds is 3. The molecule has 1 amide bonds. The van der Waals surface area contributed by atoms with Crippen molar-refractivity contribution >= 4 is 17.5 Å². The fraction of sp³-hybridized carbons (Fsp3) is 0.407. The lowest BCUT2D eigenvalue weighted by molar-refractivity contribution is -0.00120. The van der Waals surface area contributed by atoms with E-state index >= 15 is 0 Å². The second-order valence-electron chi connectivity index (χ2n) is 9.86. The van der Waals surface area contributed by atoms with Crippen LogP contribution < -0.4 is 15.3 Å². The number of benzene rings is 2. The molecule has 0 atom stereocenters. The van der Waals surface area contributed by atoms with Crippen molar-refractivity contribution in [1.82, 2.24) is 4.90 Å². The summed E-state index contributed by atoms with van der Waals surface area (Å²) in [5.41, 5.74) is 2.58. The van der Waals surface area contributed by atoms with Crippen molar-refractivity contribution in [3.8, 4) is 11.5 Å². The van der Waals surface area contributed by atoms with Crippen LogP contribution in [0.2, 0.25) is 0 Å². The fourth-order valence-corrected chi connectivity index (χ4v) is 4.54. The maximum Gasteiger partial charge on any atom is 0.410 e. The molecule has 1 saturated heterocycles. The van der Waals surface area contributed by atoms with Crippen molar-refractivity contribution in [1.29, 1.82) is 0 Å². The Labute approximate surface area is 211 Å². The van der Waals surface area contributed by atoms with Crippen molar-refractivity contribution in [3.05, 3.63) is 65.2 Å². The number of carbonyl (C=O) groups excluding carboxylic acids is 1. The van der Waals surface area contributed by atoms with Crippen LogP contribution in [0.5, 0.6) is 11.5 Å². The van der Waals surface area contributed by atoms with E-state index in [0.717, 1.165) is 33.8 Å². The molecule has 0 radical (unpaired) electrons. The summed E-state index contributed by atoms with van der Waals surface area (Å²) in [7, 11) is 3.23. The summed E-state index contributed by atoms with van der Waals surface area (Å²) in [5.74, 6) is 7.33. The summed E-state index contributed by atoms with van der Waals surface area (Å²) in [6, 6.07) is 13.6. The predicted molar refractivity (Wildman–Crippen MR) is 138 cm³/mol. The van der Waals surface area contributed by atoms with Gasteiger partial charge in [-0.05, 0) is 50.1 Å². The Balaban J connectivity index is 1.68. The molecule has 0 aliphatic carbocycles. The number of nitrogens with two attached hydrogens (primary N) is 1. The number of methoxy groups -OCH3 is 1. The molecule has 2 aliphatic rings. The van der Waals surface area contributed by atoms with Crippen molar-refractivity contribution in [2.75, 3.05) is 27.2 Å². The van der Waals surface area contributed by atoms with Gasteiger partial charge in [-0.25, -0.2) is 4.79 Å². The molecule has 9 heteroatoms. The molecule has 2 aromatic rings. The lowest BCUT2D eigenvalue weighted by atomic mass is 9.82. The first-order valence-corrected chi connectivity index (χ1v) is 11.9. The molecule has 9 nitrogen and oxygen atoms in total. The highest BCUT2D eigenvalue weighted by Crippen LogP contribution is 2.47. The quantitative estimate of drug-likeness (QED) is 0.214. The third-order valence-electron chi connectivity index (χ3n) is 6.23. The maximum absolute atomic E-state index is 12.6. The minimum Gasteiger partial charge on any atom is -0.496 e. The number of hydrazone groups is 1. The highest BCUT2D eigenvalue weighted by Gasteiger charge is 2.41. The Morgan fingerprint density at radius 3 is 2.39 bits per heavy atom. The summed E-state index contributed by atoms with van der Waals surface area (Å²) in [4.78, 5) is 14.4. The zero-order chi connectivity index (χ0) is 25.9. The lowest BCUT2D eigenvalue weighted by Crippen LogP contribution is -2.50. The molecule has 0 bridgehead atoms. The van der Waals surface area contributed by atoms with E-state index in [1.807, 2.05) is 63.2 Å². The van der Waals surface area contributed by atoms with Gasteiger partial charge in [0.15, 0.2) is 5.84 Å². The van der Waals surface area contributed by atoms with Gasteiger partial charge in [0.05, 0.1) is 12.7 Å². The minimum absolute atomic E-state index is 0.295. The summed E-state index contributed by atoms with van der Waals surface area (Å²) < 4.78 is 17.9. The Bertz CT molecular complexity index is 1200. The predicted octanol–water partition coefficient (Wildman–Crippen LogP) is 4.99. The molecule has 0 aromatic heterocycles. The summed E-state index contributed by atoms with van der Waals surface area (Å²) in [6.45, 7) is 6.69. The van der Waals surface area contributed by atoms with Gasteiger partial charge in [-0.3, -0.25) is 0 Å². The molecule has 4 rings (SSSR count). The molecule has 2 aliphatic heterocycles. The molecule has 1 spiro atoms. The average molecular weight is 492 g/mol. The number of azo groups is 1. The normalized spacial score (nSPS) is 17.4. The van der Waals surface area contributed by atoms with E-state index < -0.39 is 11.2 Å². The second-order valence-corrected chi connectivity index (χ2v) is 9.86. The third-order valence-corrected chi connectivity index (χ3v) is 6.23. The van der Waals surface area contributed by atoms with Crippen molar-refractivity contribution in [2.45, 2.75) is 44.8 Å². The first-order chi connectivity index (χ1) is 17.2. The van der Waals surface area contributed by atoms with Crippen LogP contribution in [-0.2, 0) is 4.74 Å². The van der Waals surface area contributed by atoms with Gasteiger partial charge in [0.25, 0.3) is 0 Å². The van der Waals surface area contributed by atoms with Gasteiger partial charge in [-0.1, -0.05) is 30.3 Å². The number of piperidine rings is 1. The van der Waals surface area contributed by atoms with Crippen LogP contribution in [0.3, 0.4) is 0 Å². The van der Waals surface area contributed by atoms with Gasteiger partial charge < -0.3 is 25.0 Å². The number of carbonyl (C=O) groups is 1. The smallest absolute Gasteiger partial charge is 0.410 e. The number of amides is 1. The van der Waals surface area contributed by atoms with Crippen molar-refractivity contribution in [2.24, 2.45) is 21.2 Å². The minimum atomic E-state index is -0.549. The van der Waals surface area contributed by atoms with E-state index in [4.69, 9.17) is 20.1 Å². The number of ether oxygens (including phenoxy) is 3. The van der Waals surface area contributed by atoms with Crippen molar-refractivity contribution < 1.29 is 19.0 Å². The molecule has 0 saturated carbocycles. The van der Waals surface area contributed by atoms with Gasteiger partial charge in [-0.15, -0.1) is 5.11 Å². The zero-order valence-electron chi connectivity index (χ0n) is 21.4. The summed E-state index contributed by atoms with van der Waals surface area (Å²) in [5, 5.41) is 11.5. The van der Waals surface area contributed by atoms with Crippen LogP contribution >= 0.6 is 0 Å². The molecule has 36 heavy (non-hydrogen) atoms. The van der Waals surface area contributed by atoms with E-state index in [2.05, 4.69) is 21.4 Å². The molecule has 2 aromatic carbocycles. The van der Waals surface area contributed by atoms with Gasteiger partial charge in [0, 0.05) is 38.5 Å². The molecule has 190 valence electrons. The number of nitrogens with zero attached hydrogens (tertiary/aromatic N) is 4. The lowest BCUT2D eigenvalue weighted by Gasteiger charge is -2.43. The van der Waals surface area contributed by atoms with E-state index in [1.165, 1.54) is 0 Å². The van der Waals surface area contributed by atoms with Gasteiger partial charge in [0.2, 0.25) is 0 Å². The maximum atomic E-state index is 12.6. The molecule has 2 N–H and O–H groups in total. The number of amidine groups is 1. The van der Waals surface area contributed by atoms with Gasteiger partial charge in [0.1, 0.15) is 22.7 Å². The molecular weight excluding hydrogens is 458 g/mol. The first-order valence-electron chi connectivity index (χ1n) is 11.9. The van der Waals surface area contributed by atoms with Crippen LogP contribution in [0, 0.1) is 0 Å². The van der Waals surface area contributed by atoms with Crippen LogP contribution in [-0.4, -0.2) is 55.3 Å². The SMILES string of the molecule is CN=NC(=NN)c1ccc(C2=CC3(CCN(C(=O)OC(C)(C)C)CC3)Oc3cccc(OC)c32)cc1. The number of hydrogen-bond acceptors (Lipinski definition) is 7. The second kappa shape index (κ2) is 10.0. The average Bonchev–Trinajstić information content (AvgIpc) is 2.86. The van der Waals surface area contributed by atoms with Gasteiger partial charge in [-0.2, -0.15) is 10.2 Å². The largest absolute Gasteiger partial charge is 0.496 e. The number of fused-ring (bicyclic) bond motifs is 1. The van der Waals surface area contributed by atoms with E-state index in [-0.39, 0.29) is 6.09 Å². The molecular formula is C27H33N5O4. The van der Waals surface area contributed by atoms with Crippen LogP contribution in [0.15, 0.2) is 63.9 Å². The Morgan fingerprint density at radius 1 is 1.11 bits per heavy atom. The van der Waals surface area contributed by atoms with Crippen LogP contribution in [0.1, 0.15) is 50.3 Å².